The molecule has 0 fully saturated rings. The number of esters is 1. The number of ether oxygens (including phenoxy) is 1. The molecular formula is C13H10N2O3S2. The van der Waals surface area contributed by atoms with Crippen molar-refractivity contribution in [3.05, 3.63) is 46.1 Å². The Morgan fingerprint density at radius 1 is 1.45 bits per heavy atom. The number of thiophene rings is 1. The third-order valence-corrected chi connectivity index (χ3v) is 4.39. The molecule has 3 heterocycles. The fourth-order valence-corrected chi connectivity index (χ4v) is 3.18. The Balaban J connectivity index is 1.63. The molecule has 0 bridgehead atoms. The van der Waals surface area contributed by atoms with Crippen molar-refractivity contribution >= 4 is 28.6 Å². The lowest BCUT2D eigenvalue weighted by Crippen LogP contribution is -2.04. The Bertz CT molecular complexity index is 716. The molecule has 3 aromatic rings. The molecule has 0 atom stereocenters. The molecule has 7 heteroatoms. The van der Waals surface area contributed by atoms with Gasteiger partial charge in [0.25, 0.3) is 0 Å². The highest BCUT2D eigenvalue weighted by Gasteiger charge is 2.14. The van der Waals surface area contributed by atoms with E-state index in [9.17, 15) is 4.79 Å². The summed E-state index contributed by atoms with van der Waals surface area (Å²) in [6, 6.07) is 5.53. The predicted molar refractivity (Wildman–Crippen MR) is 75.8 cm³/mol. The zero-order valence-electron chi connectivity index (χ0n) is 10.5. The van der Waals surface area contributed by atoms with Crippen molar-refractivity contribution < 1.29 is 14.1 Å². The maximum absolute atomic E-state index is 11.7. The molecule has 0 unspecified atom stereocenters. The van der Waals surface area contributed by atoms with Crippen LogP contribution in [-0.2, 0) is 11.3 Å². The molecule has 3 rings (SSSR count). The van der Waals surface area contributed by atoms with E-state index in [1.807, 2.05) is 22.9 Å². The van der Waals surface area contributed by atoms with Gasteiger partial charge in [0.05, 0.1) is 16.3 Å². The van der Waals surface area contributed by atoms with E-state index >= 15 is 0 Å². The number of thiazole rings is 1. The lowest BCUT2D eigenvalue weighted by Gasteiger charge is -1.98. The minimum atomic E-state index is -0.531. The van der Waals surface area contributed by atoms with E-state index in [4.69, 9.17) is 9.26 Å². The average Bonchev–Trinajstić information content (AvgIpc) is 3.16. The summed E-state index contributed by atoms with van der Waals surface area (Å²) < 4.78 is 9.97. The van der Waals surface area contributed by atoms with Crippen molar-refractivity contribution in [3.63, 3.8) is 0 Å². The van der Waals surface area contributed by atoms with E-state index in [1.165, 1.54) is 11.3 Å². The molecule has 3 aromatic heterocycles. The van der Waals surface area contributed by atoms with E-state index in [0.29, 0.717) is 5.69 Å². The fourth-order valence-electron chi connectivity index (χ4n) is 1.56. The second-order valence-electron chi connectivity index (χ2n) is 4.03. The Morgan fingerprint density at radius 2 is 2.35 bits per heavy atom. The summed E-state index contributed by atoms with van der Waals surface area (Å²) >= 11 is 3.16. The number of carbonyl (C=O) groups excluding carboxylic acids is 1. The van der Waals surface area contributed by atoms with Crippen molar-refractivity contribution in [1.29, 1.82) is 0 Å². The number of carbonyl (C=O) groups is 1. The third kappa shape index (κ3) is 2.78. The van der Waals surface area contributed by atoms with E-state index in [0.717, 1.165) is 15.6 Å². The average molecular weight is 306 g/mol. The summed E-state index contributed by atoms with van der Waals surface area (Å²) in [5.41, 5.74) is 1.37. The van der Waals surface area contributed by atoms with Gasteiger partial charge in [0.1, 0.15) is 11.6 Å². The van der Waals surface area contributed by atoms with Crippen molar-refractivity contribution in [2.24, 2.45) is 0 Å². The Hall–Kier alpha value is -1.99. The van der Waals surface area contributed by atoms with Gasteiger partial charge in [-0.25, -0.2) is 9.78 Å². The first kappa shape index (κ1) is 13.0. The Kier molecular flexibility index (Phi) is 3.62. The number of hydrogen-bond donors (Lipinski definition) is 0. The topological polar surface area (TPSA) is 65.2 Å². The van der Waals surface area contributed by atoms with Crippen molar-refractivity contribution in [3.8, 4) is 9.88 Å². The minimum absolute atomic E-state index is 0.108. The van der Waals surface area contributed by atoms with Crippen LogP contribution in [0.2, 0.25) is 0 Å². The maximum Gasteiger partial charge on any atom is 0.377 e. The molecule has 0 aliphatic heterocycles. The molecule has 0 aromatic carbocycles. The summed E-state index contributed by atoms with van der Waals surface area (Å²) in [6.07, 6.45) is 0. The first-order valence-corrected chi connectivity index (χ1v) is 7.57. The zero-order valence-corrected chi connectivity index (χ0v) is 12.2. The van der Waals surface area contributed by atoms with Gasteiger partial charge in [0.15, 0.2) is 0 Å². The molecule has 0 saturated carbocycles. The van der Waals surface area contributed by atoms with Gasteiger partial charge in [-0.05, 0) is 18.4 Å². The summed E-state index contributed by atoms with van der Waals surface area (Å²) in [7, 11) is 0. The van der Waals surface area contributed by atoms with Crippen LogP contribution in [0.4, 0.5) is 0 Å². The lowest BCUT2D eigenvalue weighted by molar-refractivity contribution is 0.0421. The molecule has 5 nitrogen and oxygen atoms in total. The van der Waals surface area contributed by atoms with Gasteiger partial charge in [0.2, 0.25) is 5.76 Å². The first-order chi connectivity index (χ1) is 9.72. The smallest absolute Gasteiger partial charge is 0.377 e. The number of hydrogen-bond acceptors (Lipinski definition) is 7. The van der Waals surface area contributed by atoms with E-state index in [1.54, 1.807) is 24.3 Å². The second kappa shape index (κ2) is 5.56. The highest BCUT2D eigenvalue weighted by molar-refractivity contribution is 7.20. The van der Waals surface area contributed by atoms with Crippen LogP contribution in [0.3, 0.4) is 0 Å². The molecular weight excluding hydrogens is 296 g/mol. The van der Waals surface area contributed by atoms with Gasteiger partial charge in [-0.3, -0.25) is 0 Å². The molecule has 0 radical (unpaired) electrons. The van der Waals surface area contributed by atoms with E-state index in [2.05, 4.69) is 10.1 Å². The van der Waals surface area contributed by atoms with E-state index < -0.39 is 5.97 Å². The first-order valence-electron chi connectivity index (χ1n) is 5.81. The van der Waals surface area contributed by atoms with Gasteiger partial charge >= 0.3 is 5.97 Å². The number of aryl methyl sites for hydroxylation is 1. The van der Waals surface area contributed by atoms with Crippen LogP contribution in [0.5, 0.6) is 0 Å². The van der Waals surface area contributed by atoms with Crippen LogP contribution in [0.25, 0.3) is 9.88 Å². The molecule has 0 aliphatic rings. The van der Waals surface area contributed by atoms with Gasteiger partial charge in [0, 0.05) is 11.4 Å². The van der Waals surface area contributed by atoms with Crippen LogP contribution in [0, 0.1) is 6.92 Å². The number of aromatic nitrogens is 2. The Morgan fingerprint density at radius 3 is 3.05 bits per heavy atom. The molecule has 0 amide bonds. The largest absolute Gasteiger partial charge is 0.453 e. The molecule has 0 saturated heterocycles. The van der Waals surface area contributed by atoms with Crippen LogP contribution in [0.15, 0.2) is 33.5 Å². The maximum atomic E-state index is 11.7. The fraction of sp³-hybridized carbons (Fsp3) is 0.154. The molecule has 0 aliphatic carbocycles. The number of nitrogens with zero attached hydrogens (tertiary/aromatic N) is 2. The minimum Gasteiger partial charge on any atom is -0.453 e. The highest BCUT2D eigenvalue weighted by Crippen LogP contribution is 2.27. The predicted octanol–water partition coefficient (Wildman–Crippen LogP) is 3.53. The molecule has 102 valence electrons. The standard InChI is InChI=1S/C13H10N2O3S2/c1-8-5-10(18-15-8)13(16)17-6-9-7-20-12(14-9)11-3-2-4-19-11/h2-5,7H,6H2,1H3. The second-order valence-corrected chi connectivity index (χ2v) is 5.84. The van der Waals surface area contributed by atoms with Gasteiger partial charge < -0.3 is 9.26 Å². The zero-order chi connectivity index (χ0) is 13.9. The molecule has 20 heavy (non-hydrogen) atoms. The quantitative estimate of drug-likeness (QED) is 0.690. The SMILES string of the molecule is Cc1cc(C(=O)OCc2csc(-c3cccs3)n2)on1. The lowest BCUT2D eigenvalue weighted by atomic mass is 10.4. The monoisotopic (exact) mass is 306 g/mol. The van der Waals surface area contributed by atoms with Crippen LogP contribution >= 0.6 is 22.7 Å². The third-order valence-electron chi connectivity index (χ3n) is 2.46. The highest BCUT2D eigenvalue weighted by atomic mass is 32.1. The number of rotatable bonds is 4. The van der Waals surface area contributed by atoms with Crippen LogP contribution < -0.4 is 0 Å². The summed E-state index contributed by atoms with van der Waals surface area (Å²) in [4.78, 5) is 17.2. The normalized spacial score (nSPS) is 10.7. The van der Waals surface area contributed by atoms with Gasteiger partial charge in [-0.15, -0.1) is 22.7 Å². The van der Waals surface area contributed by atoms with E-state index in [-0.39, 0.29) is 12.4 Å². The van der Waals surface area contributed by atoms with Crippen molar-refractivity contribution in [2.45, 2.75) is 13.5 Å². The molecule has 0 spiro atoms. The van der Waals surface area contributed by atoms with Crippen molar-refractivity contribution in [1.82, 2.24) is 10.1 Å². The van der Waals surface area contributed by atoms with Crippen LogP contribution in [0.1, 0.15) is 21.9 Å². The Labute approximate surface area is 122 Å². The van der Waals surface area contributed by atoms with Crippen LogP contribution in [-0.4, -0.2) is 16.1 Å². The molecule has 0 N–H and O–H groups in total. The summed E-state index contributed by atoms with van der Waals surface area (Å²) in [5.74, 6) is -0.424. The summed E-state index contributed by atoms with van der Waals surface area (Å²) in [5, 5.41) is 8.46. The van der Waals surface area contributed by atoms with Gasteiger partial charge in [-0.1, -0.05) is 11.2 Å². The summed E-state index contributed by atoms with van der Waals surface area (Å²) in [6.45, 7) is 1.87. The van der Waals surface area contributed by atoms with Crippen molar-refractivity contribution in [2.75, 3.05) is 0 Å². The van der Waals surface area contributed by atoms with Gasteiger partial charge in [-0.2, -0.15) is 0 Å².